The summed E-state index contributed by atoms with van der Waals surface area (Å²) in [5.41, 5.74) is 1.85. The third kappa shape index (κ3) is 2.77. The third-order valence-electron chi connectivity index (χ3n) is 2.90. The Morgan fingerprint density at radius 1 is 1.40 bits per heavy atom. The molecule has 1 fully saturated rings. The summed E-state index contributed by atoms with van der Waals surface area (Å²) < 4.78 is 5.19. The average molecular weight is 289 g/mol. The van der Waals surface area contributed by atoms with Crippen LogP contribution in [-0.2, 0) is 4.79 Å². The first kappa shape index (κ1) is 14.4. The number of thioether (sulfide) groups is 1. The molecule has 1 aromatic carbocycles. The molecule has 5 heteroatoms. The second-order valence-electron chi connectivity index (χ2n) is 4.31. The number of nitrogens with zero attached hydrogens (tertiary/aromatic N) is 1. The van der Waals surface area contributed by atoms with Crippen molar-refractivity contribution >= 4 is 29.0 Å². The van der Waals surface area contributed by atoms with Crippen molar-refractivity contribution in [3.05, 3.63) is 46.9 Å². The summed E-state index contributed by atoms with van der Waals surface area (Å²) in [4.78, 5) is 25.4. The molecule has 0 aromatic heterocycles. The fourth-order valence-electron chi connectivity index (χ4n) is 1.93. The lowest BCUT2D eigenvalue weighted by atomic mass is 10.1. The maximum absolute atomic E-state index is 12.1. The second kappa shape index (κ2) is 5.96. The summed E-state index contributed by atoms with van der Waals surface area (Å²) in [7, 11) is 1.61. The summed E-state index contributed by atoms with van der Waals surface area (Å²) >= 11 is 0.952. The summed E-state index contributed by atoms with van der Waals surface area (Å²) in [5.74, 6) is 0.523. The number of carbonyl (C=O) groups is 2. The SMILES string of the molecule is C=CCN1C(=O)S/C(=C/c2ccc(OC)c(C)c2)C1=O. The number of benzene rings is 1. The maximum atomic E-state index is 12.1. The van der Waals surface area contributed by atoms with E-state index >= 15 is 0 Å². The van der Waals surface area contributed by atoms with Crippen LogP contribution in [0.5, 0.6) is 5.75 Å². The van der Waals surface area contributed by atoms with Crippen molar-refractivity contribution in [3.63, 3.8) is 0 Å². The molecule has 0 radical (unpaired) electrons. The van der Waals surface area contributed by atoms with Crippen LogP contribution in [0.4, 0.5) is 4.79 Å². The molecule has 2 amide bonds. The highest BCUT2D eigenvalue weighted by molar-refractivity contribution is 8.18. The van der Waals surface area contributed by atoms with Crippen molar-refractivity contribution in [1.29, 1.82) is 0 Å². The van der Waals surface area contributed by atoms with Crippen molar-refractivity contribution < 1.29 is 14.3 Å². The first-order valence-electron chi connectivity index (χ1n) is 6.07. The van der Waals surface area contributed by atoms with Gasteiger partial charge in [0.05, 0.1) is 12.0 Å². The maximum Gasteiger partial charge on any atom is 0.293 e. The number of carbonyl (C=O) groups excluding carboxylic acids is 2. The molecular formula is C15H15NO3S. The topological polar surface area (TPSA) is 46.6 Å². The predicted octanol–water partition coefficient (Wildman–Crippen LogP) is 3.23. The van der Waals surface area contributed by atoms with Gasteiger partial charge in [0, 0.05) is 6.54 Å². The van der Waals surface area contributed by atoms with Gasteiger partial charge in [-0.25, -0.2) is 0 Å². The van der Waals surface area contributed by atoms with E-state index in [1.807, 2.05) is 25.1 Å². The molecule has 0 atom stereocenters. The number of ether oxygens (including phenoxy) is 1. The quantitative estimate of drug-likeness (QED) is 0.630. The van der Waals surface area contributed by atoms with Gasteiger partial charge in [-0.15, -0.1) is 6.58 Å². The van der Waals surface area contributed by atoms with Gasteiger partial charge in [0.15, 0.2) is 0 Å². The van der Waals surface area contributed by atoms with Crippen LogP contribution in [0.1, 0.15) is 11.1 Å². The molecule has 1 saturated heterocycles. The van der Waals surface area contributed by atoms with Gasteiger partial charge >= 0.3 is 0 Å². The van der Waals surface area contributed by atoms with Crippen LogP contribution in [0.3, 0.4) is 0 Å². The van der Waals surface area contributed by atoms with Gasteiger partial charge in [0.1, 0.15) is 5.75 Å². The molecule has 0 N–H and O–H groups in total. The van der Waals surface area contributed by atoms with E-state index in [9.17, 15) is 9.59 Å². The first-order chi connectivity index (χ1) is 9.56. The number of hydrogen-bond acceptors (Lipinski definition) is 4. The van der Waals surface area contributed by atoms with Gasteiger partial charge in [-0.1, -0.05) is 12.1 Å². The van der Waals surface area contributed by atoms with Crippen LogP contribution in [0.25, 0.3) is 6.08 Å². The smallest absolute Gasteiger partial charge is 0.293 e. The molecule has 0 aliphatic carbocycles. The van der Waals surface area contributed by atoms with E-state index in [-0.39, 0.29) is 17.7 Å². The number of amides is 2. The molecule has 1 heterocycles. The van der Waals surface area contributed by atoms with Gasteiger partial charge in [0.2, 0.25) is 0 Å². The monoisotopic (exact) mass is 289 g/mol. The molecule has 0 saturated carbocycles. The Kier molecular flexibility index (Phi) is 4.29. The fourth-order valence-corrected chi connectivity index (χ4v) is 2.78. The van der Waals surface area contributed by atoms with E-state index in [2.05, 4.69) is 6.58 Å². The normalized spacial score (nSPS) is 16.9. The summed E-state index contributed by atoms with van der Waals surface area (Å²) in [6.45, 7) is 5.71. The van der Waals surface area contributed by atoms with Crippen LogP contribution in [0.2, 0.25) is 0 Å². The zero-order valence-corrected chi connectivity index (χ0v) is 12.2. The molecule has 4 nitrogen and oxygen atoms in total. The van der Waals surface area contributed by atoms with Gasteiger partial charge in [-0.2, -0.15) is 0 Å². The highest BCUT2D eigenvalue weighted by Crippen LogP contribution is 2.32. The Bertz CT molecular complexity index is 607. The molecule has 104 valence electrons. The van der Waals surface area contributed by atoms with Crippen molar-refractivity contribution in [1.82, 2.24) is 4.90 Å². The number of rotatable bonds is 4. The van der Waals surface area contributed by atoms with Crippen LogP contribution >= 0.6 is 11.8 Å². The van der Waals surface area contributed by atoms with Crippen molar-refractivity contribution in [2.24, 2.45) is 0 Å². The Hall–Kier alpha value is -2.01. The average Bonchev–Trinajstić information content (AvgIpc) is 2.67. The van der Waals surface area contributed by atoms with Crippen molar-refractivity contribution in [2.75, 3.05) is 13.7 Å². The molecular weight excluding hydrogens is 274 g/mol. The van der Waals surface area contributed by atoms with Gasteiger partial charge in [-0.3, -0.25) is 14.5 Å². The number of hydrogen-bond donors (Lipinski definition) is 0. The Labute approximate surface area is 122 Å². The summed E-state index contributed by atoms with van der Waals surface area (Å²) in [6, 6.07) is 5.61. The lowest BCUT2D eigenvalue weighted by molar-refractivity contribution is -0.122. The van der Waals surface area contributed by atoms with E-state index in [0.29, 0.717) is 4.91 Å². The zero-order chi connectivity index (χ0) is 14.7. The largest absolute Gasteiger partial charge is 0.496 e. The highest BCUT2D eigenvalue weighted by Gasteiger charge is 2.33. The Morgan fingerprint density at radius 2 is 2.15 bits per heavy atom. The van der Waals surface area contributed by atoms with Crippen LogP contribution < -0.4 is 4.74 Å². The molecule has 1 aliphatic rings. The summed E-state index contributed by atoms with van der Waals surface area (Å²) in [5, 5.41) is -0.258. The minimum atomic E-state index is -0.270. The minimum absolute atomic E-state index is 0.240. The molecule has 20 heavy (non-hydrogen) atoms. The van der Waals surface area contributed by atoms with Crippen LogP contribution in [0.15, 0.2) is 35.8 Å². The third-order valence-corrected chi connectivity index (χ3v) is 3.81. The van der Waals surface area contributed by atoms with Crippen LogP contribution in [0, 0.1) is 6.92 Å². The molecule has 2 rings (SSSR count). The van der Waals surface area contributed by atoms with Gasteiger partial charge < -0.3 is 4.74 Å². The van der Waals surface area contributed by atoms with E-state index in [1.165, 1.54) is 11.0 Å². The van der Waals surface area contributed by atoms with Crippen molar-refractivity contribution in [3.8, 4) is 5.75 Å². The number of methoxy groups -OCH3 is 1. The number of imide groups is 1. The van der Waals surface area contributed by atoms with Gasteiger partial charge in [0.25, 0.3) is 11.1 Å². The standard InChI is InChI=1S/C15H15NO3S/c1-4-7-16-14(17)13(20-15(16)18)9-11-5-6-12(19-3)10(2)8-11/h4-6,8-9H,1,7H2,2-3H3/b13-9+. The molecule has 1 aliphatic heterocycles. The molecule has 0 bridgehead atoms. The first-order valence-corrected chi connectivity index (χ1v) is 6.89. The highest BCUT2D eigenvalue weighted by atomic mass is 32.2. The lowest BCUT2D eigenvalue weighted by Crippen LogP contribution is -2.27. The van der Waals surface area contributed by atoms with E-state index in [1.54, 1.807) is 13.2 Å². The van der Waals surface area contributed by atoms with Crippen LogP contribution in [-0.4, -0.2) is 29.7 Å². The lowest BCUT2D eigenvalue weighted by Gasteiger charge is -2.08. The molecule has 1 aromatic rings. The van der Waals surface area contributed by atoms with E-state index in [0.717, 1.165) is 28.6 Å². The van der Waals surface area contributed by atoms with Crippen molar-refractivity contribution in [2.45, 2.75) is 6.92 Å². The molecule has 0 spiro atoms. The fraction of sp³-hybridized carbons (Fsp3) is 0.200. The Morgan fingerprint density at radius 3 is 2.75 bits per heavy atom. The number of aryl methyl sites for hydroxylation is 1. The predicted molar refractivity (Wildman–Crippen MR) is 80.6 cm³/mol. The minimum Gasteiger partial charge on any atom is -0.496 e. The zero-order valence-electron chi connectivity index (χ0n) is 11.4. The Balaban J connectivity index is 2.28. The van der Waals surface area contributed by atoms with E-state index < -0.39 is 0 Å². The molecule has 0 unspecified atom stereocenters. The second-order valence-corrected chi connectivity index (χ2v) is 5.30. The van der Waals surface area contributed by atoms with E-state index in [4.69, 9.17) is 4.74 Å². The van der Waals surface area contributed by atoms with Gasteiger partial charge in [-0.05, 0) is 48.0 Å². The summed E-state index contributed by atoms with van der Waals surface area (Å²) in [6.07, 6.45) is 3.26.